The van der Waals surface area contributed by atoms with E-state index in [1.54, 1.807) is 30.3 Å². The average molecular weight is 260 g/mol. The lowest BCUT2D eigenvalue weighted by Gasteiger charge is -2.07. The SMILES string of the molecule is CC(=O)Nc1cccc(COc2ccc(F)cc2)n1. The summed E-state index contributed by atoms with van der Waals surface area (Å²) >= 11 is 0. The Labute approximate surface area is 110 Å². The summed E-state index contributed by atoms with van der Waals surface area (Å²) in [5, 5.41) is 2.60. The van der Waals surface area contributed by atoms with Crippen molar-refractivity contribution in [3.05, 3.63) is 54.0 Å². The molecule has 4 nitrogen and oxygen atoms in total. The molecule has 5 heteroatoms. The van der Waals surface area contributed by atoms with E-state index in [0.717, 1.165) is 0 Å². The van der Waals surface area contributed by atoms with Crippen LogP contribution in [0.1, 0.15) is 12.6 Å². The third-order valence-electron chi connectivity index (χ3n) is 2.31. The van der Waals surface area contributed by atoms with Gasteiger partial charge in [-0.3, -0.25) is 4.79 Å². The predicted molar refractivity (Wildman–Crippen MR) is 69.3 cm³/mol. The molecule has 0 radical (unpaired) electrons. The summed E-state index contributed by atoms with van der Waals surface area (Å²) in [4.78, 5) is 15.1. The van der Waals surface area contributed by atoms with Gasteiger partial charge in [-0.15, -0.1) is 0 Å². The number of nitrogens with zero attached hydrogens (tertiary/aromatic N) is 1. The molecule has 0 saturated carbocycles. The number of hydrogen-bond acceptors (Lipinski definition) is 3. The van der Waals surface area contributed by atoms with Crippen molar-refractivity contribution in [3.8, 4) is 5.75 Å². The van der Waals surface area contributed by atoms with Crippen LogP contribution in [0.5, 0.6) is 5.75 Å². The lowest BCUT2D eigenvalue weighted by molar-refractivity contribution is -0.114. The van der Waals surface area contributed by atoms with E-state index in [0.29, 0.717) is 17.3 Å². The van der Waals surface area contributed by atoms with Gasteiger partial charge in [-0.1, -0.05) is 6.07 Å². The zero-order chi connectivity index (χ0) is 13.7. The summed E-state index contributed by atoms with van der Waals surface area (Å²) < 4.78 is 18.2. The fraction of sp³-hybridized carbons (Fsp3) is 0.143. The molecule has 0 aliphatic carbocycles. The number of nitrogens with one attached hydrogen (secondary N) is 1. The zero-order valence-electron chi connectivity index (χ0n) is 10.4. The minimum atomic E-state index is -0.307. The molecule has 1 N–H and O–H groups in total. The van der Waals surface area contributed by atoms with E-state index in [1.165, 1.54) is 19.1 Å². The first kappa shape index (κ1) is 13.0. The molecule has 1 aromatic heterocycles. The van der Waals surface area contributed by atoms with Gasteiger partial charge < -0.3 is 10.1 Å². The van der Waals surface area contributed by atoms with Crippen molar-refractivity contribution in [1.82, 2.24) is 4.98 Å². The molecule has 0 atom stereocenters. The molecule has 1 heterocycles. The van der Waals surface area contributed by atoms with Crippen molar-refractivity contribution in [2.24, 2.45) is 0 Å². The highest BCUT2D eigenvalue weighted by molar-refractivity contribution is 5.87. The normalized spacial score (nSPS) is 10.0. The highest BCUT2D eigenvalue weighted by Crippen LogP contribution is 2.13. The van der Waals surface area contributed by atoms with Crippen LogP contribution in [-0.4, -0.2) is 10.9 Å². The van der Waals surface area contributed by atoms with Crippen LogP contribution in [0.15, 0.2) is 42.5 Å². The van der Waals surface area contributed by atoms with Crippen molar-refractivity contribution >= 4 is 11.7 Å². The minimum absolute atomic E-state index is 0.177. The molecule has 0 bridgehead atoms. The minimum Gasteiger partial charge on any atom is -0.487 e. The summed E-state index contributed by atoms with van der Waals surface area (Å²) in [7, 11) is 0. The van der Waals surface area contributed by atoms with E-state index in [-0.39, 0.29) is 18.3 Å². The molecule has 0 spiro atoms. The number of anilines is 1. The Balaban J connectivity index is 1.99. The van der Waals surface area contributed by atoms with E-state index in [2.05, 4.69) is 10.3 Å². The third kappa shape index (κ3) is 4.06. The quantitative estimate of drug-likeness (QED) is 0.919. The van der Waals surface area contributed by atoms with E-state index >= 15 is 0 Å². The molecule has 98 valence electrons. The summed E-state index contributed by atoms with van der Waals surface area (Å²) in [6.45, 7) is 1.67. The fourth-order valence-corrected chi connectivity index (χ4v) is 1.50. The molecule has 1 aromatic carbocycles. The number of aromatic nitrogens is 1. The van der Waals surface area contributed by atoms with Gasteiger partial charge in [0.2, 0.25) is 5.91 Å². The van der Waals surface area contributed by atoms with E-state index in [1.807, 2.05) is 0 Å². The molecule has 0 aliphatic heterocycles. The number of benzene rings is 1. The first-order chi connectivity index (χ1) is 9.13. The Morgan fingerprint density at radius 3 is 2.68 bits per heavy atom. The highest BCUT2D eigenvalue weighted by atomic mass is 19.1. The Morgan fingerprint density at radius 2 is 2.00 bits per heavy atom. The highest BCUT2D eigenvalue weighted by Gasteiger charge is 2.01. The number of halogens is 1. The smallest absolute Gasteiger partial charge is 0.222 e. The molecule has 2 rings (SSSR count). The number of carbonyl (C=O) groups is 1. The van der Waals surface area contributed by atoms with Crippen molar-refractivity contribution in [2.75, 3.05) is 5.32 Å². The second kappa shape index (κ2) is 5.95. The molecule has 19 heavy (non-hydrogen) atoms. The van der Waals surface area contributed by atoms with Gasteiger partial charge in [0.1, 0.15) is 24.0 Å². The lowest BCUT2D eigenvalue weighted by atomic mass is 10.3. The molecular formula is C14H13FN2O2. The zero-order valence-corrected chi connectivity index (χ0v) is 10.4. The number of hydrogen-bond donors (Lipinski definition) is 1. The largest absolute Gasteiger partial charge is 0.487 e. The summed E-state index contributed by atoms with van der Waals surface area (Å²) in [6, 6.07) is 11.0. The monoisotopic (exact) mass is 260 g/mol. The second-order valence-corrected chi connectivity index (χ2v) is 3.94. The Morgan fingerprint density at radius 1 is 1.26 bits per heavy atom. The molecule has 0 aliphatic rings. The lowest BCUT2D eigenvalue weighted by Crippen LogP contribution is -2.08. The summed E-state index contributed by atoms with van der Waals surface area (Å²) in [5.74, 6) is 0.558. The van der Waals surface area contributed by atoms with Crippen LogP contribution in [0.25, 0.3) is 0 Å². The van der Waals surface area contributed by atoms with Crippen LogP contribution in [0.2, 0.25) is 0 Å². The van der Waals surface area contributed by atoms with Gasteiger partial charge in [0.05, 0.1) is 5.69 Å². The Kier molecular flexibility index (Phi) is 4.07. The summed E-state index contributed by atoms with van der Waals surface area (Å²) in [6.07, 6.45) is 0. The van der Waals surface area contributed by atoms with Crippen molar-refractivity contribution in [3.63, 3.8) is 0 Å². The predicted octanol–water partition coefficient (Wildman–Crippen LogP) is 2.76. The first-order valence-electron chi connectivity index (χ1n) is 5.75. The topological polar surface area (TPSA) is 51.2 Å². The first-order valence-corrected chi connectivity index (χ1v) is 5.75. The van der Waals surface area contributed by atoms with Crippen LogP contribution in [0, 0.1) is 5.82 Å². The fourth-order valence-electron chi connectivity index (χ4n) is 1.50. The van der Waals surface area contributed by atoms with Gasteiger partial charge in [0, 0.05) is 6.92 Å². The van der Waals surface area contributed by atoms with Gasteiger partial charge in [0.15, 0.2) is 0 Å². The van der Waals surface area contributed by atoms with Crippen LogP contribution in [0.3, 0.4) is 0 Å². The van der Waals surface area contributed by atoms with Gasteiger partial charge in [-0.25, -0.2) is 9.37 Å². The van der Waals surface area contributed by atoms with E-state index < -0.39 is 0 Å². The molecular weight excluding hydrogens is 247 g/mol. The van der Waals surface area contributed by atoms with Crippen molar-refractivity contribution < 1.29 is 13.9 Å². The second-order valence-electron chi connectivity index (χ2n) is 3.94. The maximum Gasteiger partial charge on any atom is 0.222 e. The van der Waals surface area contributed by atoms with Crippen LogP contribution < -0.4 is 10.1 Å². The van der Waals surface area contributed by atoms with Gasteiger partial charge >= 0.3 is 0 Å². The number of pyridine rings is 1. The maximum absolute atomic E-state index is 12.7. The Bertz CT molecular complexity index is 570. The van der Waals surface area contributed by atoms with Crippen LogP contribution in [0.4, 0.5) is 10.2 Å². The van der Waals surface area contributed by atoms with E-state index in [9.17, 15) is 9.18 Å². The number of ether oxygens (including phenoxy) is 1. The third-order valence-corrected chi connectivity index (χ3v) is 2.31. The number of amides is 1. The Hall–Kier alpha value is -2.43. The molecule has 0 unspecified atom stereocenters. The molecule has 0 saturated heterocycles. The number of rotatable bonds is 4. The molecule has 1 amide bonds. The van der Waals surface area contributed by atoms with Gasteiger partial charge in [-0.05, 0) is 36.4 Å². The van der Waals surface area contributed by atoms with Gasteiger partial charge in [0.25, 0.3) is 0 Å². The van der Waals surface area contributed by atoms with Crippen LogP contribution in [-0.2, 0) is 11.4 Å². The van der Waals surface area contributed by atoms with Crippen molar-refractivity contribution in [1.29, 1.82) is 0 Å². The van der Waals surface area contributed by atoms with Crippen molar-refractivity contribution in [2.45, 2.75) is 13.5 Å². The maximum atomic E-state index is 12.7. The van der Waals surface area contributed by atoms with E-state index in [4.69, 9.17) is 4.74 Å². The standard InChI is InChI=1S/C14H13FN2O2/c1-10(18)16-14-4-2-3-12(17-14)9-19-13-7-5-11(15)6-8-13/h2-8H,9H2,1H3,(H,16,17,18). The van der Waals surface area contributed by atoms with Gasteiger partial charge in [-0.2, -0.15) is 0 Å². The molecule has 0 fully saturated rings. The van der Waals surface area contributed by atoms with Crippen LogP contribution >= 0.6 is 0 Å². The average Bonchev–Trinajstić information content (AvgIpc) is 2.38. The summed E-state index contributed by atoms with van der Waals surface area (Å²) in [5.41, 5.74) is 0.676. The number of carbonyl (C=O) groups excluding carboxylic acids is 1. The molecule has 2 aromatic rings.